The van der Waals surface area contributed by atoms with E-state index in [1.54, 1.807) is 23.7 Å². The molecule has 0 unspecified atom stereocenters. The number of carbonyl (C=O) groups is 2. The molecule has 2 N–H and O–H groups in total. The zero-order chi connectivity index (χ0) is 16.3. The Labute approximate surface area is 128 Å². The molecule has 0 saturated carbocycles. The van der Waals surface area contributed by atoms with Gasteiger partial charge in [0, 0.05) is 25.4 Å². The molecule has 116 valence electrons. The molecular weight excluding hydrogens is 282 g/mol. The van der Waals surface area contributed by atoms with Gasteiger partial charge in [0.1, 0.15) is 0 Å². The second-order valence-electron chi connectivity index (χ2n) is 5.30. The molecule has 2 aromatic rings. The van der Waals surface area contributed by atoms with E-state index in [4.69, 9.17) is 5.11 Å². The highest BCUT2D eigenvalue weighted by atomic mass is 16.4. The molecule has 1 amide bonds. The van der Waals surface area contributed by atoms with Crippen LogP contribution in [0.15, 0.2) is 24.4 Å². The number of rotatable bonds is 5. The summed E-state index contributed by atoms with van der Waals surface area (Å²) in [4.78, 5) is 22.9. The number of nitrogens with one attached hydrogen (secondary N) is 1. The van der Waals surface area contributed by atoms with Crippen LogP contribution in [0.1, 0.15) is 33.6 Å². The van der Waals surface area contributed by atoms with Gasteiger partial charge >= 0.3 is 5.97 Å². The number of benzene rings is 1. The smallest absolute Gasteiger partial charge is 0.335 e. The average Bonchev–Trinajstić information content (AvgIpc) is 2.74. The minimum atomic E-state index is -0.970. The average molecular weight is 301 g/mol. The normalized spacial score (nSPS) is 10.5. The third kappa shape index (κ3) is 3.72. The Morgan fingerprint density at radius 2 is 2.05 bits per heavy atom. The van der Waals surface area contributed by atoms with Crippen molar-refractivity contribution < 1.29 is 14.7 Å². The number of hydrogen-bond acceptors (Lipinski definition) is 3. The van der Waals surface area contributed by atoms with Crippen LogP contribution in [-0.2, 0) is 18.3 Å². The topological polar surface area (TPSA) is 84.2 Å². The van der Waals surface area contributed by atoms with Crippen molar-refractivity contribution in [1.29, 1.82) is 0 Å². The third-order valence-corrected chi connectivity index (χ3v) is 3.48. The maximum Gasteiger partial charge on any atom is 0.335 e. The van der Waals surface area contributed by atoms with Crippen LogP contribution < -0.4 is 5.32 Å². The molecule has 0 aliphatic rings. The van der Waals surface area contributed by atoms with Crippen molar-refractivity contribution in [3.8, 4) is 0 Å². The Morgan fingerprint density at radius 3 is 2.59 bits per heavy atom. The number of aromatic carboxylic acids is 1. The number of aryl methyl sites for hydroxylation is 4. The standard InChI is InChI=1S/C16H19N3O3/c1-10-8-13(5-6-14(10)16(21)22)17-15(20)7-4-12-9-19(3)18-11(12)2/h5-6,8-9H,4,7H2,1-3H3,(H,17,20)(H,21,22). The Hall–Kier alpha value is -2.63. The summed E-state index contributed by atoms with van der Waals surface area (Å²) < 4.78 is 1.73. The van der Waals surface area contributed by atoms with E-state index in [1.165, 1.54) is 6.07 Å². The number of aromatic nitrogens is 2. The van der Waals surface area contributed by atoms with Crippen molar-refractivity contribution in [3.05, 3.63) is 46.8 Å². The van der Waals surface area contributed by atoms with Crippen LogP contribution in [0.2, 0.25) is 0 Å². The lowest BCUT2D eigenvalue weighted by Crippen LogP contribution is -2.13. The molecule has 0 spiro atoms. The van der Waals surface area contributed by atoms with Gasteiger partial charge < -0.3 is 10.4 Å². The van der Waals surface area contributed by atoms with E-state index in [0.717, 1.165) is 11.3 Å². The quantitative estimate of drug-likeness (QED) is 0.887. The Bertz CT molecular complexity index is 719. The first kappa shape index (κ1) is 15.8. The van der Waals surface area contributed by atoms with Gasteiger partial charge in [-0.15, -0.1) is 0 Å². The Balaban J connectivity index is 1.96. The number of nitrogens with zero attached hydrogens (tertiary/aromatic N) is 2. The van der Waals surface area contributed by atoms with E-state index in [9.17, 15) is 9.59 Å². The fourth-order valence-corrected chi connectivity index (χ4v) is 2.35. The zero-order valence-electron chi connectivity index (χ0n) is 12.9. The van der Waals surface area contributed by atoms with Gasteiger partial charge in [0.2, 0.25) is 5.91 Å². The second-order valence-corrected chi connectivity index (χ2v) is 5.30. The van der Waals surface area contributed by atoms with Gasteiger partial charge in [0.15, 0.2) is 0 Å². The fourth-order valence-electron chi connectivity index (χ4n) is 2.35. The molecule has 22 heavy (non-hydrogen) atoms. The number of carboxylic acid groups (broad SMARTS) is 1. The number of amides is 1. The number of carboxylic acids is 1. The molecule has 1 aromatic carbocycles. The SMILES string of the molecule is Cc1cc(NC(=O)CCc2cn(C)nc2C)ccc1C(=O)O. The molecule has 0 saturated heterocycles. The molecule has 0 bridgehead atoms. The Morgan fingerprint density at radius 1 is 1.32 bits per heavy atom. The van der Waals surface area contributed by atoms with Crippen LogP contribution in [0.5, 0.6) is 0 Å². The van der Waals surface area contributed by atoms with E-state index >= 15 is 0 Å². The summed E-state index contributed by atoms with van der Waals surface area (Å²) in [5.74, 6) is -1.08. The summed E-state index contributed by atoms with van der Waals surface area (Å²) in [5, 5.41) is 16.0. The molecule has 0 aliphatic carbocycles. The van der Waals surface area contributed by atoms with Crippen LogP contribution in [0, 0.1) is 13.8 Å². The molecule has 0 fully saturated rings. The van der Waals surface area contributed by atoms with Gasteiger partial charge in [-0.3, -0.25) is 9.48 Å². The fraction of sp³-hybridized carbons (Fsp3) is 0.312. The van der Waals surface area contributed by atoms with E-state index in [2.05, 4.69) is 10.4 Å². The largest absolute Gasteiger partial charge is 0.478 e. The van der Waals surface area contributed by atoms with Crippen molar-refractivity contribution in [2.75, 3.05) is 5.32 Å². The highest BCUT2D eigenvalue weighted by molar-refractivity contribution is 5.93. The first-order chi connectivity index (χ1) is 10.4. The molecule has 1 aromatic heterocycles. The molecule has 0 aliphatic heterocycles. The van der Waals surface area contributed by atoms with Crippen LogP contribution in [0.3, 0.4) is 0 Å². The van der Waals surface area contributed by atoms with E-state index in [1.807, 2.05) is 20.2 Å². The first-order valence-corrected chi connectivity index (χ1v) is 6.99. The number of carbonyl (C=O) groups excluding carboxylic acids is 1. The summed E-state index contributed by atoms with van der Waals surface area (Å²) in [6, 6.07) is 4.76. The third-order valence-electron chi connectivity index (χ3n) is 3.48. The van der Waals surface area contributed by atoms with Crippen LogP contribution >= 0.6 is 0 Å². The minimum Gasteiger partial charge on any atom is -0.478 e. The van der Waals surface area contributed by atoms with Gasteiger partial charge in [0.25, 0.3) is 0 Å². The molecule has 2 rings (SSSR count). The molecule has 6 heteroatoms. The van der Waals surface area contributed by atoms with E-state index in [-0.39, 0.29) is 11.5 Å². The maximum atomic E-state index is 12.0. The number of hydrogen-bond donors (Lipinski definition) is 2. The van der Waals surface area contributed by atoms with Gasteiger partial charge in [-0.05, 0) is 49.6 Å². The highest BCUT2D eigenvalue weighted by Crippen LogP contribution is 2.16. The minimum absolute atomic E-state index is 0.106. The van der Waals surface area contributed by atoms with Crippen molar-refractivity contribution >= 4 is 17.6 Å². The maximum absolute atomic E-state index is 12.0. The van der Waals surface area contributed by atoms with Crippen LogP contribution in [-0.4, -0.2) is 26.8 Å². The van der Waals surface area contributed by atoms with Crippen LogP contribution in [0.4, 0.5) is 5.69 Å². The van der Waals surface area contributed by atoms with Gasteiger partial charge in [-0.1, -0.05) is 0 Å². The van der Waals surface area contributed by atoms with Gasteiger partial charge in [-0.25, -0.2) is 4.79 Å². The second kappa shape index (κ2) is 6.43. The van der Waals surface area contributed by atoms with Crippen molar-refractivity contribution in [2.24, 2.45) is 7.05 Å². The van der Waals surface area contributed by atoms with Crippen LogP contribution in [0.25, 0.3) is 0 Å². The first-order valence-electron chi connectivity index (χ1n) is 6.99. The van der Waals surface area contributed by atoms with E-state index < -0.39 is 5.97 Å². The monoisotopic (exact) mass is 301 g/mol. The lowest BCUT2D eigenvalue weighted by atomic mass is 10.1. The lowest BCUT2D eigenvalue weighted by Gasteiger charge is -2.07. The van der Waals surface area contributed by atoms with Gasteiger partial charge in [-0.2, -0.15) is 5.10 Å². The molecule has 1 heterocycles. The summed E-state index contributed by atoms with van der Waals surface area (Å²) >= 11 is 0. The highest BCUT2D eigenvalue weighted by Gasteiger charge is 2.10. The summed E-state index contributed by atoms with van der Waals surface area (Å²) in [7, 11) is 1.85. The van der Waals surface area contributed by atoms with Crippen molar-refractivity contribution in [3.63, 3.8) is 0 Å². The Kier molecular flexibility index (Phi) is 4.60. The molecule has 6 nitrogen and oxygen atoms in total. The van der Waals surface area contributed by atoms with E-state index in [0.29, 0.717) is 24.1 Å². The van der Waals surface area contributed by atoms with Crippen molar-refractivity contribution in [1.82, 2.24) is 9.78 Å². The molecular formula is C16H19N3O3. The summed E-state index contributed by atoms with van der Waals surface area (Å²) in [6.07, 6.45) is 2.89. The summed E-state index contributed by atoms with van der Waals surface area (Å²) in [5.41, 5.74) is 3.44. The summed E-state index contributed by atoms with van der Waals surface area (Å²) in [6.45, 7) is 3.62. The molecule has 0 radical (unpaired) electrons. The predicted molar refractivity (Wildman–Crippen MR) is 83.0 cm³/mol. The van der Waals surface area contributed by atoms with Gasteiger partial charge in [0.05, 0.1) is 11.3 Å². The lowest BCUT2D eigenvalue weighted by molar-refractivity contribution is -0.116. The predicted octanol–water partition coefficient (Wildman–Crippen LogP) is 2.31. The zero-order valence-corrected chi connectivity index (χ0v) is 12.9. The number of anilines is 1. The van der Waals surface area contributed by atoms with Crippen molar-refractivity contribution in [2.45, 2.75) is 26.7 Å². The molecule has 0 atom stereocenters.